The Labute approximate surface area is 104 Å². The van der Waals surface area contributed by atoms with Gasteiger partial charge in [0.25, 0.3) is 5.95 Å². The fraction of sp³-hybridized carbons (Fsp3) is 0.600. The lowest BCUT2D eigenvalue weighted by molar-refractivity contribution is 0.363. The van der Waals surface area contributed by atoms with Crippen LogP contribution in [0.1, 0.15) is 18.6 Å². The SMILES string of the molecule is CCn1c(C)nn(Cc2nc(N(C)C)no2)c1=O. The number of rotatable bonds is 4. The van der Waals surface area contributed by atoms with E-state index in [0.29, 0.717) is 24.2 Å². The van der Waals surface area contributed by atoms with Crippen LogP contribution in [-0.2, 0) is 13.1 Å². The normalized spacial score (nSPS) is 10.9. The standard InChI is InChI=1S/C10H16N6O2/c1-5-15-7(2)12-16(10(15)17)6-8-11-9(13-18-8)14(3)4/h5-6H2,1-4H3. The minimum Gasteiger partial charge on any atom is -0.344 e. The molecule has 0 radical (unpaired) electrons. The first kappa shape index (κ1) is 12.3. The van der Waals surface area contributed by atoms with Gasteiger partial charge in [-0.3, -0.25) is 4.57 Å². The highest BCUT2D eigenvalue weighted by atomic mass is 16.5. The van der Waals surface area contributed by atoms with Gasteiger partial charge in [0.2, 0.25) is 5.89 Å². The van der Waals surface area contributed by atoms with Gasteiger partial charge in [0.1, 0.15) is 12.4 Å². The molecule has 8 heteroatoms. The third-order valence-electron chi connectivity index (χ3n) is 2.57. The number of hydrogen-bond donors (Lipinski definition) is 0. The van der Waals surface area contributed by atoms with Crippen LogP contribution in [0.15, 0.2) is 9.32 Å². The van der Waals surface area contributed by atoms with Crippen LogP contribution in [-0.4, -0.2) is 38.6 Å². The molecule has 0 aliphatic rings. The van der Waals surface area contributed by atoms with Gasteiger partial charge >= 0.3 is 5.69 Å². The van der Waals surface area contributed by atoms with Crippen molar-refractivity contribution in [1.29, 1.82) is 0 Å². The summed E-state index contributed by atoms with van der Waals surface area (Å²) in [5.41, 5.74) is -0.167. The second kappa shape index (κ2) is 4.63. The topological polar surface area (TPSA) is 82.0 Å². The molecular formula is C10H16N6O2. The molecule has 0 saturated carbocycles. The van der Waals surface area contributed by atoms with Gasteiger partial charge in [0, 0.05) is 20.6 Å². The first-order valence-electron chi connectivity index (χ1n) is 5.67. The van der Waals surface area contributed by atoms with Gasteiger partial charge in [-0.1, -0.05) is 0 Å². The number of aromatic nitrogens is 5. The number of aryl methyl sites for hydroxylation is 1. The van der Waals surface area contributed by atoms with Crippen molar-refractivity contribution in [2.45, 2.75) is 26.9 Å². The summed E-state index contributed by atoms with van der Waals surface area (Å²) in [6, 6.07) is 0. The summed E-state index contributed by atoms with van der Waals surface area (Å²) in [4.78, 5) is 17.8. The third kappa shape index (κ3) is 2.13. The second-order valence-electron chi connectivity index (χ2n) is 4.11. The van der Waals surface area contributed by atoms with Crippen molar-refractivity contribution in [2.24, 2.45) is 0 Å². The zero-order valence-electron chi connectivity index (χ0n) is 10.9. The highest BCUT2D eigenvalue weighted by Gasteiger charge is 2.13. The molecule has 0 saturated heterocycles. The zero-order chi connectivity index (χ0) is 13.3. The largest absolute Gasteiger partial charge is 0.346 e. The minimum atomic E-state index is -0.167. The van der Waals surface area contributed by atoms with Crippen LogP contribution in [0.2, 0.25) is 0 Å². The summed E-state index contributed by atoms with van der Waals surface area (Å²) in [6.45, 7) is 4.47. The molecule has 0 spiro atoms. The van der Waals surface area contributed by atoms with Gasteiger partial charge < -0.3 is 9.42 Å². The van der Waals surface area contributed by atoms with Crippen LogP contribution < -0.4 is 10.6 Å². The maximum atomic E-state index is 11.9. The monoisotopic (exact) mass is 252 g/mol. The van der Waals surface area contributed by atoms with Crippen molar-refractivity contribution in [2.75, 3.05) is 19.0 Å². The molecule has 0 aliphatic carbocycles. The predicted octanol–water partition coefficient (Wildman–Crippen LogP) is -0.130. The average Bonchev–Trinajstić information content (AvgIpc) is 2.86. The fourth-order valence-electron chi connectivity index (χ4n) is 1.64. The summed E-state index contributed by atoms with van der Waals surface area (Å²) in [6.07, 6.45) is 0. The van der Waals surface area contributed by atoms with E-state index in [4.69, 9.17) is 4.52 Å². The molecule has 2 aromatic heterocycles. The lowest BCUT2D eigenvalue weighted by Gasteiger charge is -2.02. The van der Waals surface area contributed by atoms with Crippen LogP contribution in [0.5, 0.6) is 0 Å². The molecule has 0 atom stereocenters. The number of anilines is 1. The Morgan fingerprint density at radius 1 is 1.39 bits per heavy atom. The van der Waals surface area contributed by atoms with Gasteiger partial charge in [-0.2, -0.15) is 10.1 Å². The van der Waals surface area contributed by atoms with Gasteiger partial charge in [-0.05, 0) is 19.0 Å². The highest BCUT2D eigenvalue weighted by molar-refractivity contribution is 5.23. The molecule has 8 nitrogen and oxygen atoms in total. The molecular weight excluding hydrogens is 236 g/mol. The first-order valence-corrected chi connectivity index (χ1v) is 5.67. The van der Waals surface area contributed by atoms with E-state index >= 15 is 0 Å². The Hall–Kier alpha value is -2.12. The molecule has 2 aromatic rings. The molecule has 0 N–H and O–H groups in total. The van der Waals surface area contributed by atoms with Crippen LogP contribution in [0.4, 0.5) is 5.95 Å². The maximum absolute atomic E-state index is 11.9. The van der Waals surface area contributed by atoms with E-state index in [1.54, 1.807) is 16.4 Å². The molecule has 0 unspecified atom stereocenters. The van der Waals surface area contributed by atoms with Crippen molar-refractivity contribution in [3.8, 4) is 0 Å². The molecule has 0 fully saturated rings. The van der Waals surface area contributed by atoms with E-state index in [9.17, 15) is 4.79 Å². The van der Waals surface area contributed by atoms with E-state index in [-0.39, 0.29) is 12.2 Å². The smallest absolute Gasteiger partial charge is 0.344 e. The van der Waals surface area contributed by atoms with Gasteiger partial charge in [0.05, 0.1) is 0 Å². The van der Waals surface area contributed by atoms with E-state index in [1.165, 1.54) is 4.68 Å². The lowest BCUT2D eigenvalue weighted by Crippen LogP contribution is -2.25. The van der Waals surface area contributed by atoms with Crippen LogP contribution in [0.3, 0.4) is 0 Å². The first-order chi connectivity index (χ1) is 8.52. The van der Waals surface area contributed by atoms with Crippen molar-refractivity contribution >= 4 is 5.95 Å². The van der Waals surface area contributed by atoms with E-state index < -0.39 is 0 Å². The summed E-state index contributed by atoms with van der Waals surface area (Å²) in [5.74, 6) is 1.51. The number of hydrogen-bond acceptors (Lipinski definition) is 6. The minimum absolute atomic E-state index is 0.167. The molecule has 2 rings (SSSR count). The van der Waals surface area contributed by atoms with Crippen LogP contribution >= 0.6 is 0 Å². The number of nitrogens with zero attached hydrogens (tertiary/aromatic N) is 6. The highest BCUT2D eigenvalue weighted by Crippen LogP contribution is 2.05. The van der Waals surface area contributed by atoms with Crippen molar-refractivity contribution in [3.63, 3.8) is 0 Å². The Morgan fingerprint density at radius 3 is 2.61 bits per heavy atom. The van der Waals surface area contributed by atoms with Gasteiger partial charge in [-0.25, -0.2) is 9.48 Å². The van der Waals surface area contributed by atoms with Crippen molar-refractivity contribution in [3.05, 3.63) is 22.2 Å². The summed E-state index contributed by atoms with van der Waals surface area (Å²) in [5, 5.41) is 7.94. The lowest BCUT2D eigenvalue weighted by atomic mass is 10.6. The van der Waals surface area contributed by atoms with Gasteiger partial charge in [-0.15, -0.1) is 0 Å². The molecule has 0 aliphatic heterocycles. The van der Waals surface area contributed by atoms with Crippen LogP contribution in [0, 0.1) is 6.92 Å². The molecule has 2 heterocycles. The average molecular weight is 252 g/mol. The van der Waals surface area contributed by atoms with E-state index in [1.807, 2.05) is 21.0 Å². The van der Waals surface area contributed by atoms with Crippen molar-refractivity contribution < 1.29 is 4.52 Å². The Bertz CT molecular complexity index is 594. The summed E-state index contributed by atoms with van der Waals surface area (Å²) >= 11 is 0. The molecule has 18 heavy (non-hydrogen) atoms. The molecule has 98 valence electrons. The second-order valence-corrected chi connectivity index (χ2v) is 4.11. The molecule has 0 bridgehead atoms. The maximum Gasteiger partial charge on any atom is 0.346 e. The van der Waals surface area contributed by atoms with E-state index in [2.05, 4.69) is 15.2 Å². The fourth-order valence-corrected chi connectivity index (χ4v) is 1.64. The Kier molecular flexibility index (Phi) is 3.17. The quantitative estimate of drug-likeness (QED) is 0.754. The van der Waals surface area contributed by atoms with E-state index in [0.717, 1.165) is 0 Å². The zero-order valence-corrected chi connectivity index (χ0v) is 10.9. The van der Waals surface area contributed by atoms with Gasteiger partial charge in [0.15, 0.2) is 0 Å². The third-order valence-corrected chi connectivity index (χ3v) is 2.57. The van der Waals surface area contributed by atoms with Crippen molar-refractivity contribution in [1.82, 2.24) is 24.5 Å². The summed E-state index contributed by atoms with van der Waals surface area (Å²) < 4.78 is 7.97. The Morgan fingerprint density at radius 2 is 2.11 bits per heavy atom. The summed E-state index contributed by atoms with van der Waals surface area (Å²) in [7, 11) is 3.63. The molecule has 0 aromatic carbocycles. The van der Waals surface area contributed by atoms with Crippen LogP contribution in [0.25, 0.3) is 0 Å². The Balaban J connectivity index is 2.26. The predicted molar refractivity (Wildman–Crippen MR) is 64.6 cm³/mol. The molecule has 0 amide bonds.